The van der Waals surface area contributed by atoms with E-state index < -0.39 is 0 Å². The summed E-state index contributed by atoms with van der Waals surface area (Å²) >= 11 is 0. The van der Waals surface area contributed by atoms with Gasteiger partial charge in [-0.3, -0.25) is 9.78 Å². The van der Waals surface area contributed by atoms with Gasteiger partial charge >= 0.3 is 0 Å². The first-order valence-corrected chi connectivity index (χ1v) is 15.0. The van der Waals surface area contributed by atoms with Crippen LogP contribution < -0.4 is 15.4 Å². The molecule has 0 unspecified atom stereocenters. The number of rotatable bonds is 8. The summed E-state index contributed by atoms with van der Waals surface area (Å²) in [7, 11) is 1.71. The fraction of sp³-hybridized carbons (Fsp3) is 0.105. The normalized spacial score (nSPS) is 11.1. The number of amides is 1. The van der Waals surface area contributed by atoms with Crippen molar-refractivity contribution in [3.63, 3.8) is 0 Å². The number of pyridine rings is 1. The Balaban J connectivity index is 1.09. The number of ether oxygens (including phenoxy) is 1. The molecule has 0 saturated carbocycles. The number of aromatic nitrogens is 4. The molecule has 3 aromatic heterocycles. The summed E-state index contributed by atoms with van der Waals surface area (Å²) in [5.41, 5.74) is 9.09. The smallest absolute Gasteiger partial charge is 0.255 e. The number of aryl methyl sites for hydroxylation is 2. The number of nitrogens with zero attached hydrogens (tertiary/aromatic N) is 4. The molecule has 0 bridgehead atoms. The van der Waals surface area contributed by atoms with Crippen molar-refractivity contribution in [1.29, 1.82) is 0 Å². The first-order chi connectivity index (χ1) is 22.5. The van der Waals surface area contributed by atoms with E-state index in [2.05, 4.69) is 73.5 Å². The lowest BCUT2D eigenvalue weighted by Gasteiger charge is -2.13. The molecule has 2 N–H and O–H groups in total. The minimum Gasteiger partial charge on any atom is -0.495 e. The van der Waals surface area contributed by atoms with Crippen molar-refractivity contribution in [2.24, 2.45) is 0 Å². The van der Waals surface area contributed by atoms with E-state index in [1.165, 1.54) is 10.8 Å². The van der Waals surface area contributed by atoms with Gasteiger partial charge in [-0.05, 0) is 91.2 Å². The molecule has 7 aromatic rings. The van der Waals surface area contributed by atoms with Gasteiger partial charge in [-0.15, -0.1) is 0 Å². The standard InChI is InChI=1S/C38H32N6O2/c1-24-19-31-30-8-4-5-9-34(30)44(36(31)35(20-24)46-3)23-26-11-13-27(14-12-26)37(45)42-33-21-29(15-10-25(33)2)41-38-40-18-16-32(43-38)28-7-6-17-39-22-28/h4-22H,23H2,1-3H3,(H,42,45)(H,40,41,43). The molecule has 4 aromatic carbocycles. The van der Waals surface area contributed by atoms with Gasteiger partial charge in [0.2, 0.25) is 5.95 Å². The average Bonchev–Trinajstić information content (AvgIpc) is 3.39. The quantitative estimate of drug-likeness (QED) is 0.181. The number of carbonyl (C=O) groups excluding carboxylic acids is 1. The summed E-state index contributed by atoms with van der Waals surface area (Å²) in [6.45, 7) is 4.69. The molecule has 0 spiro atoms. The molecule has 8 heteroatoms. The molecule has 0 aliphatic rings. The highest BCUT2D eigenvalue weighted by atomic mass is 16.5. The summed E-state index contributed by atoms with van der Waals surface area (Å²) in [6, 6.07) is 31.9. The second-order valence-electron chi connectivity index (χ2n) is 11.3. The number of hydrogen-bond donors (Lipinski definition) is 2. The molecule has 226 valence electrons. The molecule has 0 fully saturated rings. The van der Waals surface area contributed by atoms with E-state index in [9.17, 15) is 4.79 Å². The van der Waals surface area contributed by atoms with Crippen LogP contribution in [-0.2, 0) is 6.54 Å². The van der Waals surface area contributed by atoms with Gasteiger partial charge in [0.05, 0.1) is 18.3 Å². The summed E-state index contributed by atoms with van der Waals surface area (Å²) in [5.74, 6) is 1.12. The zero-order valence-electron chi connectivity index (χ0n) is 25.8. The summed E-state index contributed by atoms with van der Waals surface area (Å²) in [6.07, 6.45) is 5.20. The molecule has 8 nitrogen and oxygen atoms in total. The van der Waals surface area contributed by atoms with E-state index in [0.717, 1.165) is 50.4 Å². The minimum absolute atomic E-state index is 0.185. The number of anilines is 3. The minimum atomic E-state index is -0.185. The molecular formula is C38H32N6O2. The molecule has 0 saturated heterocycles. The van der Waals surface area contributed by atoms with Gasteiger partial charge in [-0.1, -0.05) is 36.4 Å². The molecule has 0 aliphatic heterocycles. The summed E-state index contributed by atoms with van der Waals surface area (Å²) in [5, 5.41) is 8.69. The zero-order valence-corrected chi connectivity index (χ0v) is 25.8. The van der Waals surface area contributed by atoms with Crippen LogP contribution in [0.25, 0.3) is 33.1 Å². The molecule has 1 amide bonds. The van der Waals surface area contributed by atoms with E-state index in [1.807, 2.05) is 67.6 Å². The Kier molecular flexibility index (Phi) is 7.60. The molecule has 7 rings (SSSR count). The predicted molar refractivity (Wildman–Crippen MR) is 184 cm³/mol. The lowest BCUT2D eigenvalue weighted by Crippen LogP contribution is -2.13. The van der Waals surface area contributed by atoms with Gasteiger partial charge in [0.15, 0.2) is 0 Å². The second kappa shape index (κ2) is 12.2. The summed E-state index contributed by atoms with van der Waals surface area (Å²) in [4.78, 5) is 26.5. The van der Waals surface area contributed by atoms with Crippen LogP contribution >= 0.6 is 0 Å². The van der Waals surface area contributed by atoms with Crippen LogP contribution in [0.4, 0.5) is 17.3 Å². The third-order valence-corrected chi connectivity index (χ3v) is 8.11. The third-order valence-electron chi connectivity index (χ3n) is 8.11. The van der Waals surface area contributed by atoms with Gasteiger partial charge in [-0.2, -0.15) is 0 Å². The van der Waals surface area contributed by atoms with E-state index in [0.29, 0.717) is 23.7 Å². The monoisotopic (exact) mass is 604 g/mol. The van der Waals surface area contributed by atoms with E-state index >= 15 is 0 Å². The van der Waals surface area contributed by atoms with Crippen LogP contribution in [0, 0.1) is 13.8 Å². The van der Waals surface area contributed by atoms with Crippen molar-refractivity contribution in [2.75, 3.05) is 17.7 Å². The predicted octanol–water partition coefficient (Wildman–Crippen LogP) is 8.32. The number of carbonyl (C=O) groups is 1. The van der Waals surface area contributed by atoms with Crippen LogP contribution in [0.1, 0.15) is 27.0 Å². The van der Waals surface area contributed by atoms with Crippen molar-refractivity contribution >= 4 is 45.0 Å². The van der Waals surface area contributed by atoms with Crippen molar-refractivity contribution in [3.8, 4) is 17.0 Å². The Labute approximate surface area is 266 Å². The van der Waals surface area contributed by atoms with Crippen molar-refractivity contribution < 1.29 is 9.53 Å². The van der Waals surface area contributed by atoms with Gasteiger partial charge < -0.3 is 19.9 Å². The lowest BCUT2D eigenvalue weighted by atomic mass is 10.1. The molecule has 46 heavy (non-hydrogen) atoms. The summed E-state index contributed by atoms with van der Waals surface area (Å²) < 4.78 is 8.10. The second-order valence-corrected chi connectivity index (χ2v) is 11.3. The Morgan fingerprint density at radius 3 is 2.52 bits per heavy atom. The fourth-order valence-corrected chi connectivity index (χ4v) is 5.80. The molecule has 0 radical (unpaired) electrons. The first-order valence-electron chi connectivity index (χ1n) is 15.0. The molecule has 3 heterocycles. The largest absolute Gasteiger partial charge is 0.495 e. The maximum atomic E-state index is 13.3. The SMILES string of the molecule is COc1cc(C)cc2c3ccccc3n(Cc3ccc(C(=O)Nc4cc(Nc5nccc(-c6cccnc6)n5)ccc4C)cc3)c12. The van der Waals surface area contributed by atoms with Crippen molar-refractivity contribution in [2.45, 2.75) is 20.4 Å². The maximum Gasteiger partial charge on any atom is 0.255 e. The number of fused-ring (bicyclic) bond motifs is 3. The Morgan fingerprint density at radius 2 is 1.72 bits per heavy atom. The third kappa shape index (κ3) is 5.64. The van der Waals surface area contributed by atoms with Gasteiger partial charge in [0.1, 0.15) is 5.75 Å². The van der Waals surface area contributed by atoms with Gasteiger partial charge in [0.25, 0.3) is 5.91 Å². The molecule has 0 atom stereocenters. The number of nitrogens with one attached hydrogen (secondary N) is 2. The molecule has 0 aliphatic carbocycles. The van der Waals surface area contributed by atoms with E-state index in [-0.39, 0.29) is 5.91 Å². The Morgan fingerprint density at radius 1 is 0.870 bits per heavy atom. The van der Waals surface area contributed by atoms with Gasteiger partial charge in [0, 0.05) is 63.9 Å². The highest BCUT2D eigenvalue weighted by Gasteiger charge is 2.16. The van der Waals surface area contributed by atoms with Crippen molar-refractivity contribution in [3.05, 3.63) is 138 Å². The van der Waals surface area contributed by atoms with Crippen LogP contribution in [0.5, 0.6) is 5.75 Å². The van der Waals surface area contributed by atoms with Crippen LogP contribution in [0.3, 0.4) is 0 Å². The van der Waals surface area contributed by atoms with Crippen molar-refractivity contribution in [1.82, 2.24) is 19.5 Å². The first kappa shape index (κ1) is 28.7. The van der Waals surface area contributed by atoms with E-state index in [1.54, 1.807) is 25.7 Å². The Hall–Kier alpha value is -6.02. The van der Waals surface area contributed by atoms with Crippen LogP contribution in [0.2, 0.25) is 0 Å². The van der Waals surface area contributed by atoms with Crippen LogP contribution in [0.15, 0.2) is 116 Å². The van der Waals surface area contributed by atoms with Gasteiger partial charge in [-0.25, -0.2) is 9.97 Å². The fourth-order valence-electron chi connectivity index (χ4n) is 5.80. The maximum absolute atomic E-state index is 13.3. The Bertz CT molecular complexity index is 2210. The highest BCUT2D eigenvalue weighted by molar-refractivity contribution is 6.10. The van der Waals surface area contributed by atoms with Crippen LogP contribution in [-0.4, -0.2) is 32.5 Å². The zero-order chi connectivity index (χ0) is 31.6. The van der Waals surface area contributed by atoms with E-state index in [4.69, 9.17) is 4.74 Å². The average molecular weight is 605 g/mol. The lowest BCUT2D eigenvalue weighted by molar-refractivity contribution is 0.102. The number of para-hydroxylation sites is 1. The molecular weight excluding hydrogens is 572 g/mol. The highest BCUT2D eigenvalue weighted by Crippen LogP contribution is 2.36. The number of hydrogen-bond acceptors (Lipinski definition) is 6. The topological polar surface area (TPSA) is 94.0 Å². The number of benzene rings is 4. The number of methoxy groups -OCH3 is 1.